The van der Waals surface area contributed by atoms with E-state index in [1.807, 2.05) is 18.2 Å². The van der Waals surface area contributed by atoms with Crippen molar-refractivity contribution in [1.82, 2.24) is 9.97 Å². The predicted octanol–water partition coefficient (Wildman–Crippen LogP) is 1.30. The van der Waals surface area contributed by atoms with Crippen LogP contribution in [-0.2, 0) is 16.1 Å². The summed E-state index contributed by atoms with van der Waals surface area (Å²) in [5, 5.41) is 0.974. The van der Waals surface area contributed by atoms with E-state index in [2.05, 4.69) is 14.7 Å². The number of aromatic nitrogens is 2. The molecule has 0 saturated heterocycles. The maximum Gasteiger partial charge on any atom is 0.293 e. The van der Waals surface area contributed by atoms with Crippen LogP contribution in [0.1, 0.15) is 5.56 Å². The van der Waals surface area contributed by atoms with Crippen molar-refractivity contribution in [2.45, 2.75) is 6.61 Å². The summed E-state index contributed by atoms with van der Waals surface area (Å²) in [6.45, 7) is 0.716. The highest BCUT2D eigenvalue weighted by molar-refractivity contribution is 5.77. The Labute approximate surface area is 80.6 Å². The van der Waals surface area contributed by atoms with Gasteiger partial charge in [0.1, 0.15) is 12.9 Å². The van der Waals surface area contributed by atoms with Crippen LogP contribution in [0.3, 0.4) is 0 Å². The van der Waals surface area contributed by atoms with E-state index in [4.69, 9.17) is 0 Å². The molecule has 1 aromatic carbocycles. The van der Waals surface area contributed by atoms with Gasteiger partial charge in [-0.05, 0) is 11.6 Å². The molecule has 2 rings (SSSR count). The lowest BCUT2D eigenvalue weighted by Gasteiger charge is -2.00. The highest BCUT2D eigenvalue weighted by atomic mass is 16.5. The predicted molar refractivity (Wildman–Crippen MR) is 50.4 cm³/mol. The molecule has 1 heterocycles. The van der Waals surface area contributed by atoms with Gasteiger partial charge in [-0.15, -0.1) is 0 Å². The first-order valence-corrected chi connectivity index (χ1v) is 4.14. The molecule has 0 fully saturated rings. The first kappa shape index (κ1) is 8.62. The van der Waals surface area contributed by atoms with Crippen molar-refractivity contribution < 1.29 is 9.53 Å². The average molecular weight is 188 g/mol. The number of fused-ring (bicyclic) bond motifs is 1. The summed E-state index contributed by atoms with van der Waals surface area (Å²) in [5.41, 5.74) is 1.77. The van der Waals surface area contributed by atoms with Crippen LogP contribution < -0.4 is 0 Å². The van der Waals surface area contributed by atoms with Gasteiger partial charge >= 0.3 is 0 Å². The van der Waals surface area contributed by atoms with E-state index in [1.54, 1.807) is 6.20 Å². The fourth-order valence-electron chi connectivity index (χ4n) is 1.24. The lowest BCUT2D eigenvalue weighted by atomic mass is 10.2. The van der Waals surface area contributed by atoms with Gasteiger partial charge in [-0.1, -0.05) is 12.1 Å². The maximum atomic E-state index is 9.99. The topological polar surface area (TPSA) is 52.1 Å². The van der Waals surface area contributed by atoms with Crippen LogP contribution in [0, 0.1) is 0 Å². The second kappa shape index (κ2) is 3.83. The van der Waals surface area contributed by atoms with Crippen molar-refractivity contribution >= 4 is 17.4 Å². The number of hydrogen-bond donors (Lipinski definition) is 0. The average Bonchev–Trinajstić information content (AvgIpc) is 2.26. The SMILES string of the molecule is O=COCc1ccc2cncnc2c1. The summed E-state index contributed by atoms with van der Waals surface area (Å²) in [4.78, 5) is 18.0. The van der Waals surface area contributed by atoms with Crippen LogP contribution in [0.15, 0.2) is 30.7 Å². The molecule has 0 spiro atoms. The largest absolute Gasteiger partial charge is 0.463 e. The van der Waals surface area contributed by atoms with E-state index < -0.39 is 0 Å². The lowest BCUT2D eigenvalue weighted by molar-refractivity contribution is -0.129. The number of rotatable bonds is 3. The van der Waals surface area contributed by atoms with E-state index in [-0.39, 0.29) is 6.61 Å². The molecule has 0 aliphatic rings. The second-order valence-corrected chi connectivity index (χ2v) is 2.82. The monoisotopic (exact) mass is 188 g/mol. The summed E-state index contributed by atoms with van der Waals surface area (Å²) in [6.07, 6.45) is 3.24. The Kier molecular flexibility index (Phi) is 2.36. The molecule has 0 radical (unpaired) electrons. The quantitative estimate of drug-likeness (QED) is 0.681. The van der Waals surface area contributed by atoms with Gasteiger partial charge in [-0.25, -0.2) is 9.97 Å². The van der Waals surface area contributed by atoms with E-state index >= 15 is 0 Å². The van der Waals surface area contributed by atoms with Gasteiger partial charge in [0.05, 0.1) is 5.52 Å². The molecule has 0 N–H and O–H groups in total. The molecule has 0 unspecified atom stereocenters. The van der Waals surface area contributed by atoms with E-state index in [9.17, 15) is 4.79 Å². The molecule has 1 aromatic heterocycles. The number of carbonyl (C=O) groups excluding carboxylic acids is 1. The summed E-state index contributed by atoms with van der Waals surface area (Å²) >= 11 is 0. The molecule has 4 heteroatoms. The smallest absolute Gasteiger partial charge is 0.293 e. The van der Waals surface area contributed by atoms with E-state index in [1.165, 1.54) is 6.33 Å². The second-order valence-electron chi connectivity index (χ2n) is 2.82. The zero-order chi connectivity index (χ0) is 9.80. The lowest BCUT2D eigenvalue weighted by Crippen LogP contribution is -1.90. The summed E-state index contributed by atoms with van der Waals surface area (Å²) < 4.78 is 4.64. The van der Waals surface area contributed by atoms with Crippen LogP contribution in [0.4, 0.5) is 0 Å². The van der Waals surface area contributed by atoms with Crippen molar-refractivity contribution in [3.63, 3.8) is 0 Å². The van der Waals surface area contributed by atoms with Gasteiger partial charge in [-0.3, -0.25) is 4.79 Å². The fraction of sp³-hybridized carbons (Fsp3) is 0.100. The van der Waals surface area contributed by atoms with Gasteiger partial charge in [0.2, 0.25) is 0 Å². The Morgan fingerprint density at radius 2 is 2.36 bits per heavy atom. The molecule has 2 aromatic rings. The molecule has 4 nitrogen and oxygen atoms in total. The maximum absolute atomic E-state index is 9.99. The fourth-order valence-corrected chi connectivity index (χ4v) is 1.24. The first-order chi connectivity index (χ1) is 6.90. The first-order valence-electron chi connectivity index (χ1n) is 4.14. The van der Waals surface area contributed by atoms with Gasteiger partial charge in [0.15, 0.2) is 0 Å². The van der Waals surface area contributed by atoms with Gasteiger partial charge in [0.25, 0.3) is 6.47 Å². The third-order valence-corrected chi connectivity index (χ3v) is 1.89. The summed E-state index contributed by atoms with van der Waals surface area (Å²) in [7, 11) is 0. The third kappa shape index (κ3) is 1.69. The van der Waals surface area contributed by atoms with Gasteiger partial charge < -0.3 is 4.74 Å². The molecule has 14 heavy (non-hydrogen) atoms. The van der Waals surface area contributed by atoms with Crippen molar-refractivity contribution in [2.24, 2.45) is 0 Å². The van der Waals surface area contributed by atoms with E-state index in [0.717, 1.165) is 16.5 Å². The number of nitrogens with zero attached hydrogens (tertiary/aromatic N) is 2. The number of hydrogen-bond acceptors (Lipinski definition) is 4. The Balaban J connectivity index is 2.36. The highest BCUT2D eigenvalue weighted by Crippen LogP contribution is 2.12. The van der Waals surface area contributed by atoms with Gasteiger partial charge in [0, 0.05) is 11.6 Å². The summed E-state index contributed by atoms with van der Waals surface area (Å²) in [6, 6.07) is 5.66. The number of ether oxygens (including phenoxy) is 1. The molecule has 0 amide bonds. The zero-order valence-corrected chi connectivity index (χ0v) is 7.38. The molecule has 0 bridgehead atoms. The summed E-state index contributed by atoms with van der Waals surface area (Å²) in [5.74, 6) is 0. The Bertz CT molecular complexity index is 457. The van der Waals surface area contributed by atoms with Crippen LogP contribution in [0.25, 0.3) is 10.9 Å². The minimum absolute atomic E-state index is 0.281. The molecular formula is C10H8N2O2. The Hall–Kier alpha value is -1.97. The third-order valence-electron chi connectivity index (χ3n) is 1.89. The van der Waals surface area contributed by atoms with Crippen LogP contribution >= 0.6 is 0 Å². The van der Waals surface area contributed by atoms with Crippen molar-refractivity contribution in [3.05, 3.63) is 36.3 Å². The molecule has 0 saturated carbocycles. The van der Waals surface area contributed by atoms with Gasteiger partial charge in [-0.2, -0.15) is 0 Å². The Morgan fingerprint density at radius 1 is 1.43 bits per heavy atom. The number of carbonyl (C=O) groups is 1. The standard InChI is InChI=1S/C10H8N2O2/c13-7-14-5-8-1-2-9-4-11-6-12-10(9)3-8/h1-4,6-7H,5H2. The van der Waals surface area contributed by atoms with Crippen molar-refractivity contribution in [3.8, 4) is 0 Å². The highest BCUT2D eigenvalue weighted by Gasteiger charge is 1.97. The van der Waals surface area contributed by atoms with Crippen molar-refractivity contribution in [2.75, 3.05) is 0 Å². The normalized spacial score (nSPS) is 10.0. The van der Waals surface area contributed by atoms with Crippen LogP contribution in [0.2, 0.25) is 0 Å². The number of benzene rings is 1. The minimum atomic E-state index is 0.281. The molecule has 0 aliphatic carbocycles. The molecule has 0 aliphatic heterocycles. The molecular weight excluding hydrogens is 180 g/mol. The zero-order valence-electron chi connectivity index (χ0n) is 7.38. The van der Waals surface area contributed by atoms with E-state index in [0.29, 0.717) is 6.47 Å². The minimum Gasteiger partial charge on any atom is -0.463 e. The van der Waals surface area contributed by atoms with Crippen molar-refractivity contribution in [1.29, 1.82) is 0 Å². The van der Waals surface area contributed by atoms with Crippen LogP contribution in [-0.4, -0.2) is 16.4 Å². The molecule has 70 valence electrons. The van der Waals surface area contributed by atoms with Crippen LogP contribution in [0.5, 0.6) is 0 Å². The molecule has 0 atom stereocenters. The Morgan fingerprint density at radius 3 is 3.21 bits per heavy atom.